The van der Waals surface area contributed by atoms with Crippen molar-refractivity contribution in [2.24, 2.45) is 11.8 Å². The van der Waals surface area contributed by atoms with Crippen LogP contribution in [0.5, 0.6) is 0 Å². The Labute approximate surface area is 95.3 Å². The molecule has 0 heterocycles. The molecule has 2 nitrogen and oxygen atoms in total. The molecule has 84 valence electrons. The fraction of sp³-hybridized carbons (Fsp3) is 0.500. The molecule has 3 rings (SSSR count). The molecule has 1 N–H and O–H groups in total. The first-order valence-electron chi connectivity index (χ1n) is 5.93. The third kappa shape index (κ3) is 1.10. The zero-order valence-corrected chi connectivity index (χ0v) is 9.44. The van der Waals surface area contributed by atoms with Crippen molar-refractivity contribution < 1.29 is 9.90 Å². The summed E-state index contributed by atoms with van der Waals surface area (Å²) in [5.74, 6) is -0.296. The van der Waals surface area contributed by atoms with Gasteiger partial charge in [0.05, 0.1) is 5.92 Å². The molecule has 3 atom stereocenters. The highest BCUT2D eigenvalue weighted by Crippen LogP contribution is 2.65. The molecule has 16 heavy (non-hydrogen) atoms. The lowest BCUT2D eigenvalue weighted by atomic mass is 9.41. The van der Waals surface area contributed by atoms with E-state index in [0.717, 1.165) is 12.8 Å². The van der Waals surface area contributed by atoms with Crippen LogP contribution in [0.3, 0.4) is 0 Å². The predicted octanol–water partition coefficient (Wildman–Crippen LogP) is 2.75. The van der Waals surface area contributed by atoms with Crippen LogP contribution in [-0.2, 0) is 10.2 Å². The second-order valence-corrected chi connectivity index (χ2v) is 5.32. The Hall–Kier alpha value is -1.31. The molecule has 0 radical (unpaired) electrons. The van der Waals surface area contributed by atoms with E-state index in [4.69, 9.17) is 5.11 Å². The van der Waals surface area contributed by atoms with Crippen LogP contribution in [0.4, 0.5) is 0 Å². The minimum absolute atomic E-state index is 0.0879. The average molecular weight is 216 g/mol. The maximum atomic E-state index is 11.0. The van der Waals surface area contributed by atoms with E-state index >= 15 is 0 Å². The van der Waals surface area contributed by atoms with Crippen LogP contribution in [0.15, 0.2) is 24.3 Å². The van der Waals surface area contributed by atoms with E-state index < -0.39 is 5.97 Å². The molecular formula is C14H16O2. The Morgan fingerprint density at radius 1 is 1.38 bits per heavy atom. The van der Waals surface area contributed by atoms with Crippen LogP contribution in [-0.4, -0.2) is 11.1 Å². The lowest BCUT2D eigenvalue weighted by molar-refractivity contribution is -0.162. The van der Waals surface area contributed by atoms with Crippen molar-refractivity contribution in [1.29, 1.82) is 0 Å². The standard InChI is InChI=1S/C14H16O2/c1-9-2-4-10(5-3-9)14-7-6-12(14)11(8-14)13(15)16/h2-5,11-12H,6-8H2,1H3,(H,15,16). The van der Waals surface area contributed by atoms with E-state index in [0.29, 0.717) is 5.92 Å². The van der Waals surface area contributed by atoms with Crippen molar-refractivity contribution in [2.45, 2.75) is 31.6 Å². The summed E-state index contributed by atoms with van der Waals surface area (Å²) in [6.45, 7) is 2.08. The molecule has 1 aromatic carbocycles. The number of aliphatic carboxylic acids is 1. The number of carbonyl (C=O) groups is 1. The van der Waals surface area contributed by atoms with Crippen LogP contribution >= 0.6 is 0 Å². The third-order valence-electron chi connectivity index (χ3n) is 4.62. The van der Waals surface area contributed by atoms with Gasteiger partial charge < -0.3 is 5.11 Å². The highest BCUT2D eigenvalue weighted by atomic mass is 16.4. The van der Waals surface area contributed by atoms with Crippen molar-refractivity contribution in [3.8, 4) is 0 Å². The Kier molecular flexibility index (Phi) is 1.91. The molecule has 0 spiro atoms. The van der Waals surface area contributed by atoms with E-state index in [1.165, 1.54) is 17.5 Å². The molecule has 0 saturated heterocycles. The van der Waals surface area contributed by atoms with Gasteiger partial charge in [-0.2, -0.15) is 0 Å². The Morgan fingerprint density at radius 3 is 2.50 bits per heavy atom. The molecule has 2 heteroatoms. The first-order valence-corrected chi connectivity index (χ1v) is 5.93. The molecule has 0 aliphatic heterocycles. The average Bonchev–Trinajstić information content (AvgIpc) is 2.23. The van der Waals surface area contributed by atoms with Crippen LogP contribution in [0.25, 0.3) is 0 Å². The summed E-state index contributed by atoms with van der Waals surface area (Å²) in [4.78, 5) is 11.0. The number of rotatable bonds is 2. The third-order valence-corrected chi connectivity index (χ3v) is 4.62. The molecule has 2 fully saturated rings. The van der Waals surface area contributed by atoms with Crippen LogP contribution in [0.1, 0.15) is 30.4 Å². The van der Waals surface area contributed by atoms with E-state index in [-0.39, 0.29) is 11.3 Å². The second kappa shape index (κ2) is 3.09. The van der Waals surface area contributed by atoms with E-state index in [1.807, 2.05) is 0 Å². The number of benzene rings is 1. The number of hydrogen-bond acceptors (Lipinski definition) is 1. The molecule has 2 saturated carbocycles. The van der Waals surface area contributed by atoms with Crippen LogP contribution in [0.2, 0.25) is 0 Å². The normalized spacial score (nSPS) is 35.8. The lowest BCUT2D eigenvalue weighted by Gasteiger charge is -2.62. The Morgan fingerprint density at radius 2 is 2.06 bits per heavy atom. The molecule has 0 aromatic heterocycles. The number of aryl methyl sites for hydroxylation is 1. The minimum atomic E-state index is -0.604. The first kappa shape index (κ1) is 9.88. The summed E-state index contributed by atoms with van der Waals surface area (Å²) in [6, 6.07) is 8.63. The van der Waals surface area contributed by atoms with E-state index in [1.54, 1.807) is 0 Å². The monoisotopic (exact) mass is 216 g/mol. The van der Waals surface area contributed by atoms with Crippen molar-refractivity contribution in [3.63, 3.8) is 0 Å². The topological polar surface area (TPSA) is 37.3 Å². The van der Waals surface area contributed by atoms with Gasteiger partial charge >= 0.3 is 5.97 Å². The van der Waals surface area contributed by atoms with Gasteiger partial charge in [-0.1, -0.05) is 29.8 Å². The van der Waals surface area contributed by atoms with Gasteiger partial charge in [0.25, 0.3) is 0 Å². The molecule has 0 bridgehead atoms. The van der Waals surface area contributed by atoms with Gasteiger partial charge in [0, 0.05) is 0 Å². The minimum Gasteiger partial charge on any atom is -0.481 e. The highest BCUT2D eigenvalue weighted by Gasteiger charge is 2.62. The van der Waals surface area contributed by atoms with Crippen molar-refractivity contribution in [1.82, 2.24) is 0 Å². The largest absolute Gasteiger partial charge is 0.481 e. The molecule has 3 unspecified atom stereocenters. The zero-order valence-electron chi connectivity index (χ0n) is 9.44. The van der Waals surface area contributed by atoms with Crippen molar-refractivity contribution >= 4 is 5.97 Å². The number of carboxylic acid groups (broad SMARTS) is 1. The van der Waals surface area contributed by atoms with Gasteiger partial charge in [-0.25, -0.2) is 0 Å². The molecule has 0 amide bonds. The van der Waals surface area contributed by atoms with Gasteiger partial charge in [0.2, 0.25) is 0 Å². The predicted molar refractivity (Wildman–Crippen MR) is 61.3 cm³/mol. The Balaban J connectivity index is 1.87. The lowest BCUT2D eigenvalue weighted by Crippen LogP contribution is -2.60. The Bertz CT molecular complexity index is 435. The molecule has 2 aliphatic rings. The van der Waals surface area contributed by atoms with Crippen molar-refractivity contribution in [2.75, 3.05) is 0 Å². The number of hydrogen-bond donors (Lipinski definition) is 1. The van der Waals surface area contributed by atoms with Crippen LogP contribution < -0.4 is 0 Å². The second-order valence-electron chi connectivity index (χ2n) is 5.32. The van der Waals surface area contributed by atoms with E-state index in [9.17, 15) is 4.79 Å². The quantitative estimate of drug-likeness (QED) is 0.825. The van der Waals surface area contributed by atoms with Crippen LogP contribution in [0, 0.1) is 18.8 Å². The molecular weight excluding hydrogens is 200 g/mol. The fourth-order valence-corrected chi connectivity index (χ4v) is 3.49. The SMILES string of the molecule is Cc1ccc(C23CCC2C(C(=O)O)C3)cc1. The van der Waals surface area contributed by atoms with E-state index in [2.05, 4.69) is 31.2 Å². The summed E-state index contributed by atoms with van der Waals surface area (Å²) < 4.78 is 0. The zero-order chi connectivity index (χ0) is 11.3. The number of fused-ring (bicyclic) bond motifs is 1. The van der Waals surface area contributed by atoms with Gasteiger partial charge in [0.15, 0.2) is 0 Å². The van der Waals surface area contributed by atoms with Gasteiger partial charge in [-0.3, -0.25) is 4.79 Å². The fourth-order valence-electron chi connectivity index (χ4n) is 3.49. The summed E-state index contributed by atoms with van der Waals surface area (Å²) in [5, 5.41) is 9.06. The smallest absolute Gasteiger partial charge is 0.306 e. The number of carboxylic acids is 1. The summed E-state index contributed by atoms with van der Waals surface area (Å²) in [7, 11) is 0. The van der Waals surface area contributed by atoms with Crippen molar-refractivity contribution in [3.05, 3.63) is 35.4 Å². The molecule has 1 aromatic rings. The summed E-state index contributed by atoms with van der Waals surface area (Å²) >= 11 is 0. The maximum absolute atomic E-state index is 11.0. The summed E-state index contributed by atoms with van der Waals surface area (Å²) in [6.07, 6.45) is 3.10. The van der Waals surface area contributed by atoms with Gasteiger partial charge in [0.1, 0.15) is 0 Å². The van der Waals surface area contributed by atoms with Gasteiger partial charge in [-0.05, 0) is 43.1 Å². The summed E-state index contributed by atoms with van der Waals surface area (Å²) in [5.41, 5.74) is 2.84. The maximum Gasteiger partial charge on any atom is 0.306 e. The highest BCUT2D eigenvalue weighted by molar-refractivity contribution is 5.73. The molecule has 2 aliphatic carbocycles. The first-order chi connectivity index (χ1) is 7.63. The van der Waals surface area contributed by atoms with Gasteiger partial charge in [-0.15, -0.1) is 0 Å².